The van der Waals surface area contributed by atoms with Gasteiger partial charge in [-0.1, -0.05) is 48.5 Å². The maximum Gasteiger partial charge on any atom is 0.252 e. The fraction of sp³-hybridized carbons (Fsp3) is 0.346. The van der Waals surface area contributed by atoms with E-state index in [0.29, 0.717) is 6.04 Å². The number of hydrogen-bond acceptors (Lipinski definition) is 3. The van der Waals surface area contributed by atoms with Gasteiger partial charge in [0.05, 0.1) is 5.54 Å². The lowest BCUT2D eigenvalue weighted by atomic mass is 9.96. The summed E-state index contributed by atoms with van der Waals surface area (Å²) in [7, 11) is 4.25. The number of nitrogens with one attached hydrogen (secondary N) is 1. The number of benzene rings is 3. The molecule has 1 saturated carbocycles. The van der Waals surface area contributed by atoms with Crippen molar-refractivity contribution in [3.63, 3.8) is 0 Å². The van der Waals surface area contributed by atoms with E-state index in [0.717, 1.165) is 42.7 Å². The molecule has 0 radical (unpaired) electrons. The Kier molecular flexibility index (Phi) is 4.55. The molecule has 1 aliphatic carbocycles. The average Bonchev–Trinajstić information content (AvgIpc) is 3.47. The molecule has 2 aliphatic rings. The first-order valence-electron chi connectivity index (χ1n) is 10.8. The fourth-order valence-electron chi connectivity index (χ4n) is 4.56. The maximum absolute atomic E-state index is 13.3. The minimum absolute atomic E-state index is 0.0319. The van der Waals surface area contributed by atoms with Gasteiger partial charge in [-0.3, -0.25) is 4.79 Å². The van der Waals surface area contributed by atoms with E-state index in [-0.39, 0.29) is 11.4 Å². The average molecular weight is 400 g/mol. The van der Waals surface area contributed by atoms with Crippen LogP contribution in [0.4, 0.5) is 5.69 Å². The molecule has 0 spiro atoms. The van der Waals surface area contributed by atoms with Gasteiger partial charge >= 0.3 is 0 Å². The molecule has 0 unspecified atom stereocenters. The number of anilines is 1. The van der Waals surface area contributed by atoms with Crippen molar-refractivity contribution in [2.75, 3.05) is 32.1 Å². The molecule has 1 N–H and O–H groups in total. The topological polar surface area (TPSA) is 35.6 Å². The van der Waals surface area contributed by atoms with Gasteiger partial charge < -0.3 is 15.1 Å². The molecular weight excluding hydrogens is 370 g/mol. The number of carbonyl (C=O) groups is 1. The van der Waals surface area contributed by atoms with Crippen molar-refractivity contribution in [3.05, 3.63) is 77.4 Å². The van der Waals surface area contributed by atoms with Crippen LogP contribution in [0.3, 0.4) is 0 Å². The molecule has 5 rings (SSSR count). The number of aryl methyl sites for hydroxylation is 1. The number of rotatable bonds is 5. The first-order chi connectivity index (χ1) is 14.5. The van der Waals surface area contributed by atoms with Gasteiger partial charge in [-0.05, 0) is 67.9 Å². The Morgan fingerprint density at radius 1 is 1.03 bits per heavy atom. The number of amides is 1. The zero-order valence-corrected chi connectivity index (χ0v) is 18.0. The van der Waals surface area contributed by atoms with Crippen LogP contribution in [0.5, 0.6) is 0 Å². The Labute approximate surface area is 178 Å². The Morgan fingerprint density at radius 2 is 1.77 bits per heavy atom. The van der Waals surface area contributed by atoms with Gasteiger partial charge in [0.15, 0.2) is 0 Å². The first kappa shape index (κ1) is 19.1. The zero-order chi connectivity index (χ0) is 20.9. The second kappa shape index (κ2) is 7.13. The lowest BCUT2D eigenvalue weighted by Gasteiger charge is -2.44. The number of hydrogen-bond donors (Lipinski definition) is 1. The van der Waals surface area contributed by atoms with E-state index in [1.165, 1.54) is 16.3 Å². The highest BCUT2D eigenvalue weighted by atomic mass is 16.1. The minimum Gasteiger partial charge on any atom is -0.368 e. The molecule has 1 saturated heterocycles. The van der Waals surface area contributed by atoms with Crippen molar-refractivity contribution >= 4 is 22.4 Å². The molecule has 3 aromatic rings. The van der Waals surface area contributed by atoms with Gasteiger partial charge in [0.2, 0.25) is 0 Å². The molecular formula is C26H29N3O. The standard InChI is InChI=1S/C26H29N3O/c1-18-11-12-20(29-16-21(17-29)28(2)3)15-23(18)25(30)27-26(13-14-26)24-10-6-8-19-7-4-5-9-22(19)24/h4-12,15,21H,13-14,16-17H2,1-3H3,(H,27,30). The third kappa shape index (κ3) is 3.25. The van der Waals surface area contributed by atoms with E-state index in [1.54, 1.807) is 0 Å². The summed E-state index contributed by atoms with van der Waals surface area (Å²) >= 11 is 0. The van der Waals surface area contributed by atoms with E-state index in [2.05, 4.69) is 89.9 Å². The highest BCUT2D eigenvalue weighted by Gasteiger charge is 2.46. The molecule has 0 aromatic heterocycles. The molecule has 1 amide bonds. The van der Waals surface area contributed by atoms with Crippen LogP contribution < -0.4 is 10.2 Å². The summed E-state index contributed by atoms with van der Waals surface area (Å²) in [5.74, 6) is 0.0319. The minimum atomic E-state index is -0.243. The van der Waals surface area contributed by atoms with Crippen molar-refractivity contribution in [1.82, 2.24) is 10.2 Å². The Hall–Kier alpha value is -2.85. The molecule has 30 heavy (non-hydrogen) atoms. The summed E-state index contributed by atoms with van der Waals surface area (Å²) < 4.78 is 0. The van der Waals surface area contributed by atoms with Crippen molar-refractivity contribution < 1.29 is 4.79 Å². The van der Waals surface area contributed by atoms with E-state index >= 15 is 0 Å². The van der Waals surface area contributed by atoms with E-state index in [1.807, 2.05) is 6.92 Å². The smallest absolute Gasteiger partial charge is 0.252 e. The highest BCUT2D eigenvalue weighted by molar-refractivity contribution is 5.98. The Morgan fingerprint density at radius 3 is 2.50 bits per heavy atom. The summed E-state index contributed by atoms with van der Waals surface area (Å²) in [6.07, 6.45) is 1.98. The lowest BCUT2D eigenvalue weighted by molar-refractivity contribution is 0.0930. The van der Waals surface area contributed by atoms with Crippen LogP contribution in [-0.4, -0.2) is 44.0 Å². The van der Waals surface area contributed by atoms with Gasteiger partial charge in [-0.25, -0.2) is 0 Å². The summed E-state index contributed by atoms with van der Waals surface area (Å²) in [6.45, 7) is 4.04. The van der Waals surface area contributed by atoms with E-state index in [4.69, 9.17) is 0 Å². The summed E-state index contributed by atoms with van der Waals surface area (Å²) in [5, 5.41) is 5.86. The fourth-order valence-corrected chi connectivity index (χ4v) is 4.56. The van der Waals surface area contributed by atoms with Crippen molar-refractivity contribution in [2.24, 2.45) is 0 Å². The quantitative estimate of drug-likeness (QED) is 0.694. The summed E-state index contributed by atoms with van der Waals surface area (Å²) in [5.41, 5.74) is 3.94. The maximum atomic E-state index is 13.3. The third-order valence-electron chi connectivity index (χ3n) is 6.83. The SMILES string of the molecule is Cc1ccc(N2CC(N(C)C)C2)cc1C(=O)NC1(c2cccc3ccccc23)CC1. The van der Waals surface area contributed by atoms with E-state index < -0.39 is 0 Å². The summed E-state index contributed by atoms with van der Waals surface area (Å²) in [6, 6.07) is 21.7. The Bertz CT molecular complexity index is 1100. The molecule has 0 atom stereocenters. The van der Waals surface area contributed by atoms with Crippen LogP contribution in [0, 0.1) is 6.92 Å². The summed E-state index contributed by atoms with van der Waals surface area (Å²) in [4.78, 5) is 18.0. The first-order valence-corrected chi connectivity index (χ1v) is 10.8. The van der Waals surface area contributed by atoms with Crippen molar-refractivity contribution in [3.8, 4) is 0 Å². The van der Waals surface area contributed by atoms with Gasteiger partial charge in [0.25, 0.3) is 5.91 Å². The van der Waals surface area contributed by atoms with Crippen LogP contribution in [0.25, 0.3) is 10.8 Å². The van der Waals surface area contributed by atoms with Crippen molar-refractivity contribution in [2.45, 2.75) is 31.3 Å². The van der Waals surface area contributed by atoms with Gasteiger partial charge in [-0.15, -0.1) is 0 Å². The van der Waals surface area contributed by atoms with Crippen LogP contribution in [0.15, 0.2) is 60.7 Å². The second-order valence-corrected chi connectivity index (χ2v) is 9.08. The zero-order valence-electron chi connectivity index (χ0n) is 18.0. The number of fused-ring (bicyclic) bond motifs is 1. The molecule has 1 heterocycles. The largest absolute Gasteiger partial charge is 0.368 e. The third-order valence-corrected chi connectivity index (χ3v) is 6.83. The van der Waals surface area contributed by atoms with Crippen LogP contribution in [0.1, 0.15) is 34.3 Å². The molecule has 3 aromatic carbocycles. The van der Waals surface area contributed by atoms with Crippen LogP contribution in [0.2, 0.25) is 0 Å². The van der Waals surface area contributed by atoms with Crippen LogP contribution in [-0.2, 0) is 5.54 Å². The molecule has 0 bridgehead atoms. The van der Waals surface area contributed by atoms with E-state index in [9.17, 15) is 4.79 Å². The molecule has 4 heteroatoms. The molecule has 1 aliphatic heterocycles. The number of likely N-dealkylation sites (N-methyl/N-ethyl adjacent to an activating group) is 1. The van der Waals surface area contributed by atoms with Crippen molar-refractivity contribution in [1.29, 1.82) is 0 Å². The van der Waals surface area contributed by atoms with Gasteiger partial charge in [0, 0.05) is 30.4 Å². The Balaban J connectivity index is 1.40. The monoisotopic (exact) mass is 399 g/mol. The lowest BCUT2D eigenvalue weighted by Crippen LogP contribution is -2.57. The predicted octanol–water partition coefficient (Wildman–Crippen LogP) is 4.32. The predicted molar refractivity (Wildman–Crippen MR) is 123 cm³/mol. The molecule has 2 fully saturated rings. The van der Waals surface area contributed by atoms with Gasteiger partial charge in [0.1, 0.15) is 0 Å². The van der Waals surface area contributed by atoms with Crippen LogP contribution >= 0.6 is 0 Å². The second-order valence-electron chi connectivity index (χ2n) is 9.08. The normalized spacial score (nSPS) is 17.8. The molecule has 4 nitrogen and oxygen atoms in total. The van der Waals surface area contributed by atoms with Gasteiger partial charge in [-0.2, -0.15) is 0 Å². The molecule has 154 valence electrons. The number of carbonyl (C=O) groups excluding carboxylic acids is 1. The highest BCUT2D eigenvalue weighted by Crippen LogP contribution is 2.48. The number of nitrogens with zero attached hydrogens (tertiary/aromatic N) is 2.